The number of rotatable bonds is 4. The molecule has 7 heteroatoms. The lowest BCUT2D eigenvalue weighted by Gasteiger charge is -2.10. The summed E-state index contributed by atoms with van der Waals surface area (Å²) in [7, 11) is 1.67. The van der Waals surface area contributed by atoms with Crippen molar-refractivity contribution in [3.8, 4) is 0 Å². The molecule has 29 heavy (non-hydrogen) atoms. The molecular weight excluding hydrogens is 425 g/mol. The first kappa shape index (κ1) is 20.0. The molecule has 1 amide bonds. The van der Waals surface area contributed by atoms with Gasteiger partial charge in [-0.25, -0.2) is 0 Å². The quantitative estimate of drug-likeness (QED) is 0.442. The number of hydrogen-bond donors (Lipinski definition) is 1. The predicted molar refractivity (Wildman–Crippen MR) is 123 cm³/mol. The van der Waals surface area contributed by atoms with Crippen LogP contribution in [0.2, 0.25) is 10.0 Å². The van der Waals surface area contributed by atoms with E-state index in [1.807, 2.05) is 24.3 Å². The largest absolute Gasteiger partial charge is 0.342 e. The molecule has 1 N–H and O–H groups in total. The summed E-state index contributed by atoms with van der Waals surface area (Å²) in [6.45, 7) is 2.74. The number of amides is 1. The van der Waals surface area contributed by atoms with Crippen LogP contribution < -0.4 is 5.32 Å². The molecule has 0 saturated carbocycles. The minimum Gasteiger partial charge on any atom is -0.342 e. The molecule has 0 spiro atoms. The number of nitrogens with zero attached hydrogens (tertiary/aromatic N) is 2. The molecule has 0 aliphatic carbocycles. The van der Waals surface area contributed by atoms with Gasteiger partial charge < -0.3 is 9.88 Å². The van der Waals surface area contributed by atoms with Crippen molar-refractivity contribution in [3.05, 3.63) is 75.0 Å². The molecule has 4 nitrogen and oxygen atoms in total. The Morgan fingerprint density at radius 1 is 1.17 bits per heavy atom. The van der Waals surface area contributed by atoms with Crippen LogP contribution in [0.5, 0.6) is 0 Å². The first-order valence-corrected chi connectivity index (χ1v) is 10.4. The van der Waals surface area contributed by atoms with Crippen LogP contribution in [0.1, 0.15) is 23.6 Å². The van der Waals surface area contributed by atoms with E-state index in [1.165, 1.54) is 10.5 Å². The molecule has 0 atom stereocenters. The molecular formula is C22H19Cl2N3OS. The maximum absolute atomic E-state index is 12.4. The van der Waals surface area contributed by atoms with E-state index >= 15 is 0 Å². The number of halogens is 2. The van der Waals surface area contributed by atoms with Crippen molar-refractivity contribution in [2.75, 3.05) is 7.05 Å². The van der Waals surface area contributed by atoms with Gasteiger partial charge in [0.25, 0.3) is 5.91 Å². The molecule has 4 rings (SSSR count). The van der Waals surface area contributed by atoms with Gasteiger partial charge in [-0.3, -0.25) is 9.69 Å². The van der Waals surface area contributed by atoms with E-state index in [-0.39, 0.29) is 5.91 Å². The summed E-state index contributed by atoms with van der Waals surface area (Å²) < 4.78 is 2.18. The third-order valence-electron chi connectivity index (χ3n) is 5.13. The first-order valence-electron chi connectivity index (χ1n) is 9.24. The van der Waals surface area contributed by atoms with Crippen LogP contribution in [0, 0.1) is 0 Å². The van der Waals surface area contributed by atoms with Crippen LogP contribution in [0.3, 0.4) is 0 Å². The number of nitrogens with one attached hydrogen (secondary N) is 1. The predicted octanol–water partition coefficient (Wildman–Crippen LogP) is 5.25. The molecule has 1 fully saturated rings. The molecule has 0 bridgehead atoms. The number of thiocarbonyl (C=S) groups is 1. The Hall–Kier alpha value is -2.34. The van der Waals surface area contributed by atoms with Crippen LogP contribution in [0.25, 0.3) is 17.0 Å². The van der Waals surface area contributed by atoms with Gasteiger partial charge in [0.1, 0.15) is 5.70 Å². The highest BCUT2D eigenvalue weighted by molar-refractivity contribution is 7.80. The monoisotopic (exact) mass is 443 g/mol. The third kappa shape index (κ3) is 3.66. The van der Waals surface area contributed by atoms with Crippen molar-refractivity contribution in [2.45, 2.75) is 19.9 Å². The Morgan fingerprint density at radius 2 is 1.97 bits per heavy atom. The number of para-hydroxylation sites is 1. The summed E-state index contributed by atoms with van der Waals surface area (Å²) in [6.07, 6.45) is 4.81. The highest BCUT2D eigenvalue weighted by Crippen LogP contribution is 2.30. The summed E-state index contributed by atoms with van der Waals surface area (Å²) in [5.74, 6) is -0.136. The van der Waals surface area contributed by atoms with Gasteiger partial charge in [0.15, 0.2) is 5.11 Å². The molecule has 0 radical (unpaired) electrons. The highest BCUT2D eigenvalue weighted by atomic mass is 35.5. The zero-order valence-corrected chi connectivity index (χ0v) is 18.3. The Balaban J connectivity index is 1.85. The topological polar surface area (TPSA) is 37.3 Å². The fourth-order valence-corrected chi connectivity index (χ4v) is 4.26. The zero-order chi connectivity index (χ0) is 20.7. The van der Waals surface area contributed by atoms with Crippen LogP contribution in [0.4, 0.5) is 0 Å². The Labute approximate surface area is 184 Å². The summed E-state index contributed by atoms with van der Waals surface area (Å²) in [5.41, 5.74) is 4.77. The number of hydrogen-bond acceptors (Lipinski definition) is 2. The fourth-order valence-electron chi connectivity index (χ4n) is 3.60. The lowest BCUT2D eigenvalue weighted by atomic mass is 10.1. The van der Waals surface area contributed by atoms with E-state index < -0.39 is 0 Å². The van der Waals surface area contributed by atoms with E-state index in [0.717, 1.165) is 28.5 Å². The van der Waals surface area contributed by atoms with Gasteiger partial charge >= 0.3 is 0 Å². The van der Waals surface area contributed by atoms with Crippen molar-refractivity contribution >= 4 is 63.4 Å². The lowest BCUT2D eigenvalue weighted by molar-refractivity contribution is -0.121. The maximum atomic E-state index is 12.4. The second-order valence-corrected chi connectivity index (χ2v) is 8.20. The van der Waals surface area contributed by atoms with E-state index in [9.17, 15) is 4.79 Å². The van der Waals surface area contributed by atoms with E-state index in [4.69, 9.17) is 35.4 Å². The molecule has 0 unspecified atom stereocenters. The van der Waals surface area contributed by atoms with Gasteiger partial charge in [-0.15, -0.1) is 0 Å². The van der Waals surface area contributed by atoms with Crippen molar-refractivity contribution in [2.24, 2.45) is 0 Å². The molecule has 1 aliphatic heterocycles. The van der Waals surface area contributed by atoms with Gasteiger partial charge in [0, 0.05) is 40.8 Å². The van der Waals surface area contributed by atoms with Gasteiger partial charge in [-0.05, 0) is 48.0 Å². The smallest absolute Gasteiger partial charge is 0.276 e. The molecule has 1 aliphatic rings. The summed E-state index contributed by atoms with van der Waals surface area (Å²) >= 11 is 17.6. The molecule has 2 heterocycles. The van der Waals surface area contributed by atoms with E-state index in [0.29, 0.717) is 27.4 Å². The minimum absolute atomic E-state index is 0.136. The number of fused-ring (bicyclic) bond motifs is 1. The average Bonchev–Trinajstić information content (AvgIpc) is 3.16. The Kier molecular flexibility index (Phi) is 5.38. The zero-order valence-electron chi connectivity index (χ0n) is 16.0. The number of aromatic nitrogens is 1. The molecule has 148 valence electrons. The maximum Gasteiger partial charge on any atom is 0.276 e. The van der Waals surface area contributed by atoms with Crippen molar-refractivity contribution < 1.29 is 4.79 Å². The van der Waals surface area contributed by atoms with Crippen LogP contribution >= 0.6 is 35.4 Å². The molecule has 2 aromatic carbocycles. The Morgan fingerprint density at radius 3 is 2.62 bits per heavy atom. The molecule has 1 aromatic heterocycles. The normalized spacial score (nSPS) is 15.6. The molecule has 3 aromatic rings. The van der Waals surface area contributed by atoms with Crippen LogP contribution in [-0.2, 0) is 17.8 Å². The SMILES string of the molecule is CCc1cccc2c(/C=C3\NC(=S)N(C)C3=O)cn(Cc3ccc(Cl)cc3Cl)c12. The number of carbonyl (C=O) groups is 1. The third-order valence-corrected chi connectivity index (χ3v) is 6.09. The standard InChI is InChI=1S/C22H19Cl2N3OS/c1-3-13-5-4-6-17-15(9-19-21(28)26(2)22(29)25-19)12-27(20(13)17)11-14-7-8-16(23)10-18(14)24/h4-10,12H,3,11H2,1-2H3,(H,25,29)/b19-9-. The number of benzene rings is 2. The summed E-state index contributed by atoms with van der Waals surface area (Å²) in [6, 6.07) is 11.8. The fraction of sp³-hybridized carbons (Fsp3) is 0.182. The first-order chi connectivity index (χ1) is 13.9. The van der Waals surface area contributed by atoms with Gasteiger partial charge in [-0.1, -0.05) is 54.4 Å². The summed E-state index contributed by atoms with van der Waals surface area (Å²) in [4.78, 5) is 13.9. The average molecular weight is 444 g/mol. The van der Waals surface area contributed by atoms with Gasteiger partial charge in [-0.2, -0.15) is 0 Å². The van der Waals surface area contributed by atoms with Crippen LogP contribution in [0.15, 0.2) is 48.3 Å². The highest BCUT2D eigenvalue weighted by Gasteiger charge is 2.27. The minimum atomic E-state index is -0.136. The van der Waals surface area contributed by atoms with E-state index in [1.54, 1.807) is 13.1 Å². The van der Waals surface area contributed by atoms with Crippen molar-refractivity contribution in [1.29, 1.82) is 0 Å². The van der Waals surface area contributed by atoms with E-state index in [2.05, 4.69) is 35.1 Å². The second kappa shape index (κ2) is 7.82. The van der Waals surface area contributed by atoms with Crippen LogP contribution in [-0.4, -0.2) is 27.5 Å². The summed E-state index contributed by atoms with van der Waals surface area (Å²) in [5, 5.41) is 5.73. The van der Waals surface area contributed by atoms with Gasteiger partial charge in [0.05, 0.1) is 5.52 Å². The number of carbonyl (C=O) groups excluding carboxylic acids is 1. The second-order valence-electron chi connectivity index (χ2n) is 6.97. The van der Waals surface area contributed by atoms with Crippen molar-refractivity contribution in [1.82, 2.24) is 14.8 Å². The number of aryl methyl sites for hydroxylation is 1. The van der Waals surface area contributed by atoms with Gasteiger partial charge in [0.2, 0.25) is 0 Å². The lowest BCUT2D eigenvalue weighted by Crippen LogP contribution is -2.25. The van der Waals surface area contributed by atoms with Crippen molar-refractivity contribution in [3.63, 3.8) is 0 Å². The Bertz CT molecular complexity index is 1180. The number of likely N-dealkylation sites (N-methyl/N-ethyl adjacent to an activating group) is 1. The molecule has 1 saturated heterocycles.